The van der Waals surface area contributed by atoms with Gasteiger partial charge >= 0.3 is 18.8 Å². The van der Waals surface area contributed by atoms with Crippen molar-refractivity contribution in [1.29, 1.82) is 0 Å². The Morgan fingerprint density at radius 1 is 1.03 bits per heavy atom. The van der Waals surface area contributed by atoms with Crippen LogP contribution < -0.4 is 9.61 Å². The van der Waals surface area contributed by atoms with Crippen LogP contribution in [-0.4, -0.2) is 31.7 Å². The van der Waals surface area contributed by atoms with E-state index >= 15 is 0 Å². The number of rotatable bonds is 9. The first-order chi connectivity index (χ1) is 15.2. The summed E-state index contributed by atoms with van der Waals surface area (Å²) >= 11 is 6.18. The molecular weight excluding hydrogens is 465 g/mol. The first-order valence-electron chi connectivity index (χ1n) is 10.8. The van der Waals surface area contributed by atoms with E-state index in [1.54, 1.807) is 39.0 Å². The van der Waals surface area contributed by atoms with E-state index in [2.05, 4.69) is 5.09 Å². The molecule has 0 aliphatic heterocycles. The van der Waals surface area contributed by atoms with Gasteiger partial charge in [0.05, 0.1) is 19.6 Å². The number of carbonyl (C=O) groups excluding carboxylic acids is 2. The quantitative estimate of drug-likeness (QED) is 0.333. The average Bonchev–Trinajstić information content (AvgIpc) is 2.73. The predicted molar refractivity (Wildman–Crippen MR) is 131 cm³/mol. The number of carbonyl (C=O) groups is 2. The Bertz CT molecular complexity index is 1050. The summed E-state index contributed by atoms with van der Waals surface area (Å²) in [6, 6.07) is 9.77. The summed E-state index contributed by atoms with van der Waals surface area (Å²) in [5.41, 5.74) is 0.624. The monoisotopic (exact) mass is 497 g/mol. The molecule has 2 aromatic rings. The van der Waals surface area contributed by atoms with Gasteiger partial charge in [0, 0.05) is 11.2 Å². The molecule has 7 nitrogen and oxygen atoms in total. The highest BCUT2D eigenvalue weighted by atomic mass is 35.7. The van der Waals surface area contributed by atoms with Crippen molar-refractivity contribution in [2.75, 3.05) is 13.7 Å². The fraction of sp³-hybridized carbons (Fsp3) is 0.500. The summed E-state index contributed by atoms with van der Waals surface area (Å²) in [7, 11) is 1.36. The van der Waals surface area contributed by atoms with Gasteiger partial charge in [-0.25, -0.2) is 9.65 Å². The second-order valence-corrected chi connectivity index (χ2v) is 12.3. The maximum Gasteiger partial charge on any atom is 0.409 e. The summed E-state index contributed by atoms with van der Waals surface area (Å²) in [5.74, 6) is -1.18. The zero-order chi connectivity index (χ0) is 25.0. The minimum Gasteiger partial charge on any atom is -0.469 e. The zero-order valence-electron chi connectivity index (χ0n) is 20.2. The van der Waals surface area contributed by atoms with Crippen LogP contribution in [0.5, 0.6) is 5.75 Å². The Kier molecular flexibility index (Phi) is 8.97. The third-order valence-corrected chi connectivity index (χ3v) is 6.51. The molecule has 0 spiro atoms. The Hall–Kier alpha value is -2.08. The number of methoxy groups -OCH3 is 1. The fourth-order valence-corrected chi connectivity index (χ4v) is 4.79. The van der Waals surface area contributed by atoms with Crippen molar-refractivity contribution in [3.63, 3.8) is 0 Å². The van der Waals surface area contributed by atoms with Gasteiger partial charge in [0.15, 0.2) is 0 Å². The molecule has 0 amide bonds. The summed E-state index contributed by atoms with van der Waals surface area (Å²) in [6.07, 6.45) is 0. The van der Waals surface area contributed by atoms with E-state index in [4.69, 9.17) is 25.2 Å². The Morgan fingerprint density at radius 2 is 1.64 bits per heavy atom. The van der Waals surface area contributed by atoms with Crippen LogP contribution in [0.3, 0.4) is 0 Å². The highest BCUT2D eigenvalue weighted by Crippen LogP contribution is 2.49. The van der Waals surface area contributed by atoms with E-state index in [1.165, 1.54) is 7.11 Å². The third kappa shape index (κ3) is 8.02. The lowest BCUT2D eigenvalue weighted by atomic mass is 9.98. The molecule has 2 rings (SSSR count). The number of halogens is 1. The normalized spacial score (nSPS) is 15.5. The number of nitrogens with one attached hydrogen (secondary N) is 1. The molecule has 0 aliphatic rings. The topological polar surface area (TPSA) is 90.9 Å². The molecule has 33 heavy (non-hydrogen) atoms. The van der Waals surface area contributed by atoms with Crippen LogP contribution in [0.15, 0.2) is 36.4 Å². The molecule has 0 saturated carbocycles. The van der Waals surface area contributed by atoms with Crippen LogP contribution in [-0.2, 0) is 23.6 Å². The van der Waals surface area contributed by atoms with E-state index in [1.807, 2.05) is 39.0 Å². The lowest BCUT2D eigenvalue weighted by Gasteiger charge is -2.25. The van der Waals surface area contributed by atoms with Crippen LogP contribution in [0, 0.1) is 11.3 Å². The molecule has 2 aromatic carbocycles. The lowest BCUT2D eigenvalue weighted by Crippen LogP contribution is -2.41. The molecule has 0 saturated heterocycles. The van der Waals surface area contributed by atoms with Crippen molar-refractivity contribution < 1.29 is 28.2 Å². The minimum absolute atomic E-state index is 0.196. The van der Waals surface area contributed by atoms with Crippen molar-refractivity contribution in [2.45, 2.75) is 53.5 Å². The average molecular weight is 498 g/mol. The molecule has 1 unspecified atom stereocenters. The van der Waals surface area contributed by atoms with Crippen molar-refractivity contribution in [2.24, 2.45) is 11.3 Å². The number of benzene rings is 2. The number of hydrogen-bond donors (Lipinski definition) is 1. The molecule has 3 atom stereocenters. The second kappa shape index (κ2) is 10.9. The molecule has 0 heterocycles. The van der Waals surface area contributed by atoms with Crippen LogP contribution in [0.1, 0.15) is 53.0 Å². The van der Waals surface area contributed by atoms with Gasteiger partial charge in [-0.2, -0.15) is 0 Å². The van der Waals surface area contributed by atoms with E-state index < -0.39 is 24.8 Å². The van der Waals surface area contributed by atoms with E-state index in [9.17, 15) is 14.2 Å². The van der Waals surface area contributed by atoms with Crippen LogP contribution in [0.2, 0.25) is 0 Å². The van der Waals surface area contributed by atoms with Gasteiger partial charge in [0.2, 0.25) is 0 Å². The summed E-state index contributed by atoms with van der Waals surface area (Å²) < 4.78 is 28.7. The Labute approximate surface area is 200 Å². The Morgan fingerprint density at radius 3 is 2.21 bits per heavy atom. The maximum absolute atomic E-state index is 13.0. The summed E-state index contributed by atoms with van der Waals surface area (Å²) in [6.45, 7) is 7.56. The van der Waals surface area contributed by atoms with Crippen LogP contribution >= 0.6 is 18.1 Å². The molecule has 0 aromatic heterocycles. The molecule has 0 radical (unpaired) electrons. The first-order valence-corrected chi connectivity index (χ1v) is 13.3. The van der Waals surface area contributed by atoms with E-state index in [0.29, 0.717) is 0 Å². The smallest absolute Gasteiger partial charge is 0.409 e. The Balaban J connectivity index is 2.16. The van der Waals surface area contributed by atoms with Crippen molar-refractivity contribution in [3.8, 4) is 5.75 Å². The minimum atomic E-state index is -3.90. The van der Waals surface area contributed by atoms with E-state index in [0.717, 1.165) is 16.3 Å². The van der Waals surface area contributed by atoms with Crippen molar-refractivity contribution in [3.05, 3.63) is 42.0 Å². The highest BCUT2D eigenvalue weighted by Gasteiger charge is 2.34. The van der Waals surface area contributed by atoms with E-state index in [-0.39, 0.29) is 29.7 Å². The first kappa shape index (κ1) is 27.2. The number of ether oxygens (including phenoxy) is 2. The SMILES string of the molecule is COC(=O)[C@@H](C)c1ccc2cc(OP(=O)(Cl)N[C@H](C(=O)OCC(C)(C)C)C(C)C)ccc2c1. The molecule has 0 aliphatic carbocycles. The molecule has 182 valence electrons. The number of fused-ring (bicyclic) bond motifs is 1. The van der Waals surface area contributed by atoms with Crippen LogP contribution in [0.4, 0.5) is 0 Å². The molecule has 9 heteroatoms. The van der Waals surface area contributed by atoms with Crippen molar-refractivity contribution >= 4 is 40.8 Å². The van der Waals surface area contributed by atoms with Crippen LogP contribution in [0.25, 0.3) is 10.8 Å². The molecule has 0 bridgehead atoms. The molecule has 0 fully saturated rings. The van der Waals surface area contributed by atoms with Crippen molar-refractivity contribution in [1.82, 2.24) is 5.09 Å². The molecule has 1 N–H and O–H groups in total. The standard InChI is InChI=1S/C24H33ClNO6P/c1-15(2)21(23(28)31-14-24(4,5)6)26-33(25,29)32-20-11-10-18-12-17(8-9-19(18)13-20)16(3)22(27)30-7/h8-13,15-16,21H,14H2,1-7H3,(H,26,29)/t16-,21-,33?/m0/s1. The van der Waals surface area contributed by atoms with Gasteiger partial charge in [0.25, 0.3) is 0 Å². The molecular formula is C24H33ClNO6P. The largest absolute Gasteiger partial charge is 0.469 e. The van der Waals surface area contributed by atoms with Gasteiger partial charge in [-0.1, -0.05) is 58.9 Å². The zero-order valence-corrected chi connectivity index (χ0v) is 21.8. The predicted octanol–water partition coefficient (Wildman–Crippen LogP) is 6.05. The fourth-order valence-electron chi connectivity index (χ4n) is 3.06. The van der Waals surface area contributed by atoms with Gasteiger partial charge in [-0.3, -0.25) is 9.59 Å². The summed E-state index contributed by atoms with van der Waals surface area (Å²) in [5, 5.41) is 4.33. The van der Waals surface area contributed by atoms with Gasteiger partial charge in [0.1, 0.15) is 11.8 Å². The van der Waals surface area contributed by atoms with Gasteiger partial charge < -0.3 is 14.0 Å². The highest BCUT2D eigenvalue weighted by molar-refractivity contribution is 7.84. The van der Waals surface area contributed by atoms with Gasteiger partial charge in [-0.05, 0) is 46.7 Å². The number of esters is 2. The number of hydrogen-bond acceptors (Lipinski definition) is 6. The maximum atomic E-state index is 13.0. The second-order valence-electron chi connectivity index (χ2n) is 9.60. The summed E-state index contributed by atoms with van der Waals surface area (Å²) in [4.78, 5) is 24.3. The third-order valence-electron chi connectivity index (χ3n) is 4.97. The van der Waals surface area contributed by atoms with Gasteiger partial charge in [-0.15, -0.1) is 0 Å². The lowest BCUT2D eigenvalue weighted by molar-refractivity contribution is -0.149.